The summed E-state index contributed by atoms with van der Waals surface area (Å²) in [5, 5.41) is 14.3. The zero-order valence-electron chi connectivity index (χ0n) is 11.8. The number of carbonyl (C=O) groups is 1. The van der Waals surface area contributed by atoms with E-state index in [0.29, 0.717) is 20.7 Å². The van der Waals surface area contributed by atoms with Crippen molar-refractivity contribution >= 4 is 84.5 Å². The van der Waals surface area contributed by atoms with E-state index in [9.17, 15) is 4.79 Å². The fourth-order valence-electron chi connectivity index (χ4n) is 1.72. The maximum Gasteiger partial charge on any atom is 0.286 e. The molecule has 24 heavy (non-hydrogen) atoms. The Morgan fingerprint density at radius 3 is 2.58 bits per heavy atom. The molecule has 0 aliphatic carbocycles. The monoisotopic (exact) mass is 459 g/mol. The van der Waals surface area contributed by atoms with E-state index in [-0.39, 0.29) is 10.9 Å². The first-order valence-corrected chi connectivity index (χ1v) is 9.78. The summed E-state index contributed by atoms with van der Waals surface area (Å²) >= 11 is 18.1. The van der Waals surface area contributed by atoms with Gasteiger partial charge in [-0.2, -0.15) is 0 Å². The number of amides is 1. The highest BCUT2D eigenvalue weighted by molar-refractivity contribution is 9.10. The van der Waals surface area contributed by atoms with Gasteiger partial charge in [-0.25, -0.2) is 0 Å². The Hall–Kier alpha value is -1.25. The highest BCUT2D eigenvalue weighted by atomic mass is 79.9. The van der Waals surface area contributed by atoms with Crippen molar-refractivity contribution in [2.24, 2.45) is 0 Å². The van der Waals surface area contributed by atoms with E-state index < -0.39 is 0 Å². The second-order valence-electron chi connectivity index (χ2n) is 4.53. The van der Waals surface area contributed by atoms with Crippen LogP contribution in [0.4, 0.5) is 5.69 Å². The Morgan fingerprint density at radius 1 is 1.21 bits per heavy atom. The first kappa shape index (κ1) is 17.6. The Bertz CT molecular complexity index is 906. The summed E-state index contributed by atoms with van der Waals surface area (Å²) in [6.45, 7) is 0. The normalized spacial score (nSPS) is 11.5. The number of nitrogens with one attached hydrogen (secondary N) is 1. The van der Waals surface area contributed by atoms with Crippen molar-refractivity contribution in [1.82, 2.24) is 10.2 Å². The average Bonchev–Trinajstić information content (AvgIpc) is 3.19. The van der Waals surface area contributed by atoms with Gasteiger partial charge in [0, 0.05) is 25.4 Å². The molecular formula is C15H8BrCl2N3OS2. The van der Waals surface area contributed by atoms with Crippen LogP contribution >= 0.6 is 61.8 Å². The molecule has 0 unspecified atom stereocenters. The van der Waals surface area contributed by atoms with Gasteiger partial charge in [-0.1, -0.05) is 34.5 Å². The van der Waals surface area contributed by atoms with Crippen molar-refractivity contribution in [3.05, 3.63) is 60.1 Å². The zero-order valence-corrected chi connectivity index (χ0v) is 16.5. The molecule has 2 aromatic heterocycles. The summed E-state index contributed by atoms with van der Waals surface area (Å²) < 4.78 is 0.989. The van der Waals surface area contributed by atoms with Crippen molar-refractivity contribution in [3.8, 4) is 0 Å². The number of halogens is 3. The second-order valence-corrected chi connectivity index (χ2v) is 8.21. The molecule has 3 aromatic rings. The third-order valence-corrected chi connectivity index (χ3v) is 6.03. The summed E-state index contributed by atoms with van der Waals surface area (Å²) in [5.41, 5.74) is 0.631. The molecule has 0 aliphatic rings. The Morgan fingerprint density at radius 2 is 1.92 bits per heavy atom. The Kier molecular flexibility index (Phi) is 5.68. The van der Waals surface area contributed by atoms with Crippen molar-refractivity contribution in [2.45, 2.75) is 0 Å². The van der Waals surface area contributed by atoms with Gasteiger partial charge in [-0.05, 0) is 52.3 Å². The number of benzene rings is 1. The van der Waals surface area contributed by atoms with Crippen molar-refractivity contribution in [3.63, 3.8) is 0 Å². The topological polar surface area (TPSA) is 54.9 Å². The first-order valence-electron chi connectivity index (χ1n) is 6.53. The van der Waals surface area contributed by atoms with Crippen LogP contribution in [0.2, 0.25) is 5.02 Å². The fraction of sp³-hybridized carbons (Fsp3) is 0. The number of carbonyl (C=O) groups excluding carboxylic acids is 1. The smallest absolute Gasteiger partial charge is 0.286 e. The SMILES string of the molecule is O=C(Nc1ccc(Cl)cc1)c1nnc(C(Cl)=Cc2cc(Br)cs2)s1. The molecule has 0 bridgehead atoms. The minimum atomic E-state index is -0.343. The van der Waals surface area contributed by atoms with Crippen LogP contribution in [-0.4, -0.2) is 16.1 Å². The number of anilines is 1. The average molecular weight is 461 g/mol. The van der Waals surface area contributed by atoms with Gasteiger partial charge in [0.2, 0.25) is 5.01 Å². The highest BCUT2D eigenvalue weighted by Gasteiger charge is 2.15. The molecule has 3 rings (SSSR count). The van der Waals surface area contributed by atoms with Crippen LogP contribution < -0.4 is 5.32 Å². The molecule has 0 saturated heterocycles. The van der Waals surface area contributed by atoms with Gasteiger partial charge in [0.1, 0.15) is 0 Å². The van der Waals surface area contributed by atoms with Crippen molar-refractivity contribution in [1.29, 1.82) is 0 Å². The van der Waals surface area contributed by atoms with Crippen LogP contribution in [-0.2, 0) is 0 Å². The molecule has 9 heteroatoms. The Labute approximate surface area is 164 Å². The van der Waals surface area contributed by atoms with E-state index in [1.54, 1.807) is 41.7 Å². The molecular weight excluding hydrogens is 453 g/mol. The number of hydrogen-bond acceptors (Lipinski definition) is 5. The summed E-state index contributed by atoms with van der Waals surface area (Å²) in [5.74, 6) is -0.343. The molecule has 1 N–H and O–H groups in total. The number of rotatable bonds is 4. The van der Waals surface area contributed by atoms with Crippen LogP contribution in [0.25, 0.3) is 11.1 Å². The molecule has 122 valence electrons. The molecule has 1 aromatic carbocycles. The van der Waals surface area contributed by atoms with E-state index in [4.69, 9.17) is 23.2 Å². The largest absolute Gasteiger partial charge is 0.320 e. The fourth-order valence-corrected chi connectivity index (χ4v) is 4.20. The standard InChI is InChI=1S/C15H8BrCl2N3OS2/c16-8-5-11(23-7-8)6-12(18)14-20-21-15(24-14)13(22)19-10-3-1-9(17)2-4-10/h1-7H,(H,19,22). The predicted octanol–water partition coefficient (Wildman–Crippen LogP) is 6.00. The first-order chi connectivity index (χ1) is 11.5. The number of thiophene rings is 1. The third-order valence-electron chi connectivity index (χ3n) is 2.78. The molecule has 0 atom stereocenters. The lowest BCUT2D eigenvalue weighted by Crippen LogP contribution is -2.11. The van der Waals surface area contributed by atoms with E-state index in [2.05, 4.69) is 31.4 Å². The van der Waals surface area contributed by atoms with Crippen LogP contribution in [0.15, 0.2) is 40.2 Å². The lowest BCUT2D eigenvalue weighted by Gasteiger charge is -2.01. The van der Waals surface area contributed by atoms with Gasteiger partial charge < -0.3 is 5.32 Å². The molecule has 0 saturated carbocycles. The molecule has 0 radical (unpaired) electrons. The lowest BCUT2D eigenvalue weighted by molar-refractivity contribution is 0.102. The third kappa shape index (κ3) is 4.43. The van der Waals surface area contributed by atoms with Gasteiger partial charge in [-0.15, -0.1) is 21.5 Å². The predicted molar refractivity (Wildman–Crippen MR) is 105 cm³/mol. The minimum Gasteiger partial charge on any atom is -0.320 e. The summed E-state index contributed by atoms with van der Waals surface area (Å²) in [6, 6.07) is 8.76. The second kappa shape index (κ2) is 7.76. The molecule has 0 fully saturated rings. The van der Waals surface area contributed by atoms with Crippen molar-refractivity contribution in [2.75, 3.05) is 5.32 Å². The van der Waals surface area contributed by atoms with E-state index in [0.717, 1.165) is 20.7 Å². The maximum atomic E-state index is 12.2. The maximum absolute atomic E-state index is 12.2. The van der Waals surface area contributed by atoms with Crippen LogP contribution in [0.1, 0.15) is 19.7 Å². The Balaban J connectivity index is 1.73. The van der Waals surface area contributed by atoms with Gasteiger partial charge in [0.05, 0.1) is 5.03 Å². The molecule has 4 nitrogen and oxygen atoms in total. The van der Waals surface area contributed by atoms with Crippen LogP contribution in [0.5, 0.6) is 0 Å². The number of hydrogen-bond donors (Lipinski definition) is 1. The van der Waals surface area contributed by atoms with Gasteiger partial charge >= 0.3 is 0 Å². The zero-order chi connectivity index (χ0) is 17.1. The van der Waals surface area contributed by atoms with Gasteiger partial charge in [0.25, 0.3) is 5.91 Å². The van der Waals surface area contributed by atoms with Gasteiger partial charge in [0.15, 0.2) is 5.01 Å². The molecule has 0 spiro atoms. The summed E-state index contributed by atoms with van der Waals surface area (Å²) in [7, 11) is 0. The number of nitrogens with zero attached hydrogens (tertiary/aromatic N) is 2. The lowest BCUT2D eigenvalue weighted by atomic mass is 10.3. The van der Waals surface area contributed by atoms with Crippen molar-refractivity contribution < 1.29 is 4.79 Å². The van der Waals surface area contributed by atoms with Crippen LogP contribution in [0, 0.1) is 0 Å². The number of aromatic nitrogens is 2. The summed E-state index contributed by atoms with van der Waals surface area (Å²) in [4.78, 5) is 13.2. The highest BCUT2D eigenvalue weighted by Crippen LogP contribution is 2.29. The van der Waals surface area contributed by atoms with E-state index in [1.807, 2.05) is 11.4 Å². The van der Waals surface area contributed by atoms with Crippen LogP contribution in [0.3, 0.4) is 0 Å². The van der Waals surface area contributed by atoms with E-state index >= 15 is 0 Å². The minimum absolute atomic E-state index is 0.235. The molecule has 2 heterocycles. The molecule has 0 aliphatic heterocycles. The summed E-state index contributed by atoms with van der Waals surface area (Å²) in [6.07, 6.45) is 1.79. The quantitative estimate of drug-likeness (QED) is 0.519. The van der Waals surface area contributed by atoms with Gasteiger partial charge in [-0.3, -0.25) is 4.79 Å². The van der Waals surface area contributed by atoms with E-state index in [1.165, 1.54) is 0 Å². The molecule has 1 amide bonds.